The standard InChI is InChI=1S/C18H12N2O4/c21-17(16-9-8-14(23-16)11-4-2-1-3-5-11)19-12-6-7-15-13(10-12)20-18(22)24-15/h1-10H,(H,19,21)(H,20,22). The van der Waals surface area contributed by atoms with Crippen molar-refractivity contribution >= 4 is 22.7 Å². The molecule has 2 N–H and O–H groups in total. The Kier molecular flexibility index (Phi) is 3.28. The van der Waals surface area contributed by atoms with Crippen LogP contribution < -0.4 is 11.1 Å². The predicted octanol–water partition coefficient (Wildman–Crippen LogP) is 3.63. The zero-order chi connectivity index (χ0) is 16.5. The van der Waals surface area contributed by atoms with Gasteiger partial charge in [-0.1, -0.05) is 30.3 Å². The molecule has 0 atom stereocenters. The van der Waals surface area contributed by atoms with E-state index in [4.69, 9.17) is 8.83 Å². The van der Waals surface area contributed by atoms with Crippen LogP contribution in [0.3, 0.4) is 0 Å². The van der Waals surface area contributed by atoms with Crippen LogP contribution in [-0.4, -0.2) is 10.9 Å². The van der Waals surface area contributed by atoms with E-state index >= 15 is 0 Å². The highest BCUT2D eigenvalue weighted by Gasteiger charge is 2.13. The van der Waals surface area contributed by atoms with E-state index in [0.717, 1.165) is 5.56 Å². The van der Waals surface area contributed by atoms with Gasteiger partial charge in [-0.05, 0) is 30.3 Å². The fraction of sp³-hybridized carbons (Fsp3) is 0. The number of furan rings is 1. The van der Waals surface area contributed by atoms with Crippen molar-refractivity contribution in [2.75, 3.05) is 5.32 Å². The average Bonchev–Trinajstić information content (AvgIpc) is 3.21. The molecule has 2 heterocycles. The number of aromatic amines is 1. The van der Waals surface area contributed by atoms with Crippen molar-refractivity contribution in [3.8, 4) is 11.3 Å². The molecule has 0 aliphatic heterocycles. The summed E-state index contributed by atoms with van der Waals surface area (Å²) in [5.74, 6) is -0.0839. The minimum Gasteiger partial charge on any atom is -0.451 e. The third kappa shape index (κ3) is 2.61. The molecule has 6 nitrogen and oxygen atoms in total. The molecule has 0 unspecified atom stereocenters. The fourth-order valence-electron chi connectivity index (χ4n) is 2.44. The van der Waals surface area contributed by atoms with Crippen LogP contribution in [0.4, 0.5) is 5.69 Å². The Morgan fingerprint density at radius 2 is 1.79 bits per heavy atom. The Hall–Kier alpha value is -3.54. The average molecular weight is 320 g/mol. The number of hydrogen-bond acceptors (Lipinski definition) is 4. The van der Waals surface area contributed by atoms with Crippen molar-refractivity contribution in [3.63, 3.8) is 0 Å². The number of H-pyrrole nitrogens is 1. The first kappa shape index (κ1) is 14.1. The summed E-state index contributed by atoms with van der Waals surface area (Å²) in [6.07, 6.45) is 0. The molecule has 0 saturated carbocycles. The van der Waals surface area contributed by atoms with E-state index in [2.05, 4.69) is 10.3 Å². The van der Waals surface area contributed by atoms with Gasteiger partial charge in [-0.2, -0.15) is 0 Å². The van der Waals surface area contributed by atoms with Crippen molar-refractivity contribution in [3.05, 3.63) is 77.0 Å². The van der Waals surface area contributed by atoms with Crippen LogP contribution in [0, 0.1) is 0 Å². The minimum absolute atomic E-state index is 0.203. The lowest BCUT2D eigenvalue weighted by Crippen LogP contribution is -2.10. The molecule has 2 aromatic carbocycles. The third-order valence-corrected chi connectivity index (χ3v) is 3.56. The maximum Gasteiger partial charge on any atom is 0.417 e. The number of benzene rings is 2. The molecule has 24 heavy (non-hydrogen) atoms. The van der Waals surface area contributed by atoms with E-state index in [9.17, 15) is 9.59 Å². The summed E-state index contributed by atoms with van der Waals surface area (Å²) in [6.45, 7) is 0. The summed E-state index contributed by atoms with van der Waals surface area (Å²) in [7, 11) is 0. The van der Waals surface area contributed by atoms with Crippen LogP contribution in [0.15, 0.2) is 74.3 Å². The van der Waals surface area contributed by atoms with Crippen LogP contribution in [0.5, 0.6) is 0 Å². The smallest absolute Gasteiger partial charge is 0.417 e. The number of carbonyl (C=O) groups is 1. The summed E-state index contributed by atoms with van der Waals surface area (Å²) in [5, 5.41) is 2.73. The normalized spacial score (nSPS) is 10.8. The van der Waals surface area contributed by atoms with E-state index in [0.29, 0.717) is 22.5 Å². The molecular formula is C18H12N2O4. The highest BCUT2D eigenvalue weighted by Crippen LogP contribution is 2.23. The number of carbonyl (C=O) groups excluding carboxylic acids is 1. The summed E-state index contributed by atoms with van der Waals surface area (Å²) >= 11 is 0. The van der Waals surface area contributed by atoms with E-state index in [-0.39, 0.29) is 11.7 Å². The second-order valence-electron chi connectivity index (χ2n) is 5.21. The van der Waals surface area contributed by atoms with Gasteiger partial charge in [0, 0.05) is 11.3 Å². The van der Waals surface area contributed by atoms with E-state index in [1.807, 2.05) is 30.3 Å². The van der Waals surface area contributed by atoms with Crippen molar-refractivity contribution in [2.24, 2.45) is 0 Å². The highest BCUT2D eigenvalue weighted by molar-refractivity contribution is 6.03. The maximum absolute atomic E-state index is 12.3. The Morgan fingerprint density at radius 3 is 2.62 bits per heavy atom. The summed E-state index contributed by atoms with van der Waals surface area (Å²) < 4.78 is 10.5. The SMILES string of the molecule is O=C(Nc1ccc2oc(=O)[nH]c2c1)c1ccc(-c2ccccc2)o1. The van der Waals surface area contributed by atoms with Crippen LogP contribution in [0.2, 0.25) is 0 Å². The number of oxazole rings is 1. The Balaban J connectivity index is 1.57. The van der Waals surface area contributed by atoms with E-state index in [1.165, 1.54) is 0 Å². The summed E-state index contributed by atoms with van der Waals surface area (Å²) in [6, 6.07) is 17.8. The summed E-state index contributed by atoms with van der Waals surface area (Å²) in [4.78, 5) is 26.0. The van der Waals surface area contributed by atoms with Gasteiger partial charge >= 0.3 is 5.76 Å². The Bertz CT molecular complexity index is 1070. The Morgan fingerprint density at radius 1 is 0.958 bits per heavy atom. The number of amides is 1. The topological polar surface area (TPSA) is 88.2 Å². The third-order valence-electron chi connectivity index (χ3n) is 3.56. The number of aromatic nitrogens is 1. The van der Waals surface area contributed by atoms with Gasteiger partial charge in [0.1, 0.15) is 5.76 Å². The van der Waals surface area contributed by atoms with Gasteiger partial charge in [-0.3, -0.25) is 9.78 Å². The van der Waals surface area contributed by atoms with E-state index < -0.39 is 5.76 Å². The van der Waals surface area contributed by atoms with Gasteiger partial charge in [0.05, 0.1) is 5.52 Å². The predicted molar refractivity (Wildman–Crippen MR) is 88.9 cm³/mol. The van der Waals surface area contributed by atoms with Gasteiger partial charge in [0.15, 0.2) is 11.3 Å². The lowest BCUT2D eigenvalue weighted by molar-refractivity contribution is 0.0997. The first-order valence-corrected chi connectivity index (χ1v) is 7.28. The van der Waals surface area contributed by atoms with Gasteiger partial charge in [-0.25, -0.2) is 4.79 Å². The van der Waals surface area contributed by atoms with Crippen molar-refractivity contribution in [1.29, 1.82) is 0 Å². The molecule has 118 valence electrons. The maximum atomic E-state index is 12.3. The van der Waals surface area contributed by atoms with Crippen LogP contribution in [0.25, 0.3) is 22.4 Å². The van der Waals surface area contributed by atoms with Crippen LogP contribution in [-0.2, 0) is 0 Å². The van der Waals surface area contributed by atoms with Crippen molar-refractivity contribution in [2.45, 2.75) is 0 Å². The lowest BCUT2D eigenvalue weighted by atomic mass is 10.2. The molecule has 0 aliphatic carbocycles. The number of nitrogens with one attached hydrogen (secondary N) is 2. The van der Waals surface area contributed by atoms with Crippen LogP contribution in [0.1, 0.15) is 10.6 Å². The first-order chi connectivity index (χ1) is 11.7. The van der Waals surface area contributed by atoms with Crippen molar-refractivity contribution in [1.82, 2.24) is 4.98 Å². The molecule has 0 radical (unpaired) electrons. The van der Waals surface area contributed by atoms with Gasteiger partial charge in [0.25, 0.3) is 5.91 Å². The van der Waals surface area contributed by atoms with Gasteiger partial charge in [0.2, 0.25) is 0 Å². The second-order valence-corrected chi connectivity index (χ2v) is 5.21. The molecule has 6 heteroatoms. The quantitative estimate of drug-likeness (QED) is 0.603. The molecule has 2 aromatic heterocycles. The molecular weight excluding hydrogens is 308 g/mol. The molecule has 4 aromatic rings. The minimum atomic E-state index is -0.535. The largest absolute Gasteiger partial charge is 0.451 e. The molecule has 4 rings (SSSR count). The van der Waals surface area contributed by atoms with Crippen molar-refractivity contribution < 1.29 is 13.6 Å². The Labute approximate surface area is 135 Å². The monoisotopic (exact) mass is 320 g/mol. The van der Waals surface area contributed by atoms with Crippen LogP contribution >= 0.6 is 0 Å². The molecule has 1 amide bonds. The second kappa shape index (κ2) is 5.58. The molecule has 0 fully saturated rings. The summed E-state index contributed by atoms with van der Waals surface area (Å²) in [5.41, 5.74) is 2.38. The lowest BCUT2D eigenvalue weighted by Gasteiger charge is -2.02. The zero-order valence-corrected chi connectivity index (χ0v) is 12.4. The number of rotatable bonds is 3. The molecule has 0 saturated heterocycles. The molecule has 0 spiro atoms. The number of hydrogen-bond donors (Lipinski definition) is 2. The number of anilines is 1. The van der Waals surface area contributed by atoms with Gasteiger partial charge < -0.3 is 14.2 Å². The number of fused-ring (bicyclic) bond motifs is 1. The molecule has 0 bridgehead atoms. The molecule has 0 aliphatic rings. The van der Waals surface area contributed by atoms with E-state index in [1.54, 1.807) is 30.3 Å². The van der Waals surface area contributed by atoms with Gasteiger partial charge in [-0.15, -0.1) is 0 Å². The fourth-order valence-corrected chi connectivity index (χ4v) is 2.44. The zero-order valence-electron chi connectivity index (χ0n) is 12.4. The highest BCUT2D eigenvalue weighted by atomic mass is 16.4. The first-order valence-electron chi connectivity index (χ1n) is 7.28.